The molecule has 0 aliphatic heterocycles. The van der Waals surface area contributed by atoms with Crippen LogP contribution in [-0.2, 0) is 0 Å². The molecule has 58 heavy (non-hydrogen) atoms. The Morgan fingerprint density at radius 2 is 0.655 bits per heavy atom. The van der Waals surface area contributed by atoms with E-state index in [4.69, 9.17) is 10.2 Å². The Bertz CT molecular complexity index is 2970. The van der Waals surface area contributed by atoms with Crippen LogP contribution in [0.5, 0.6) is 0 Å². The molecule has 0 atom stereocenters. The van der Waals surface area contributed by atoms with Gasteiger partial charge in [-0.05, 0) is 110 Å². The van der Waals surface area contributed by atoms with Crippen molar-refractivity contribution in [2.45, 2.75) is 0 Å². The van der Waals surface area contributed by atoms with Crippen molar-refractivity contribution < 1.29 is 0 Å². The molecule has 0 unspecified atom stereocenters. The molecule has 0 saturated heterocycles. The van der Waals surface area contributed by atoms with Gasteiger partial charge in [0.2, 0.25) is 0 Å². The van der Waals surface area contributed by atoms with Crippen molar-refractivity contribution in [2.24, 2.45) is 0 Å². The van der Waals surface area contributed by atoms with Crippen LogP contribution in [0, 0.1) is 11.3 Å². The minimum atomic E-state index is 0.618. The molecular formula is C53H33N5. The zero-order valence-electron chi connectivity index (χ0n) is 31.3. The summed E-state index contributed by atoms with van der Waals surface area (Å²) in [5.74, 6) is 0. The second-order valence-corrected chi connectivity index (χ2v) is 14.2. The predicted octanol–water partition coefficient (Wildman–Crippen LogP) is 13.1. The zero-order valence-corrected chi connectivity index (χ0v) is 31.3. The maximum Gasteiger partial charge on any atom is 0.0991 e. The van der Waals surface area contributed by atoms with Crippen molar-refractivity contribution in [3.8, 4) is 84.5 Å². The average molecular weight is 740 g/mol. The third kappa shape index (κ3) is 6.45. The lowest BCUT2D eigenvalue weighted by Gasteiger charge is -2.16. The summed E-state index contributed by atoms with van der Waals surface area (Å²) < 4.78 is 0. The van der Waals surface area contributed by atoms with Crippen molar-refractivity contribution in [3.63, 3.8) is 0 Å². The van der Waals surface area contributed by atoms with Gasteiger partial charge in [-0.2, -0.15) is 5.26 Å². The summed E-state index contributed by atoms with van der Waals surface area (Å²) in [6, 6.07) is 71.0. The first-order chi connectivity index (χ1) is 28.7. The lowest BCUT2D eigenvalue weighted by molar-refractivity contribution is 1.05. The molecule has 8 aromatic carbocycles. The van der Waals surface area contributed by atoms with Crippen molar-refractivity contribution >= 4 is 21.5 Å². The van der Waals surface area contributed by atoms with Crippen LogP contribution in [0.25, 0.3) is 100.0 Å². The first-order valence-corrected chi connectivity index (χ1v) is 19.2. The lowest BCUT2D eigenvalue weighted by atomic mass is 9.88. The van der Waals surface area contributed by atoms with Gasteiger partial charge in [0.05, 0.1) is 34.4 Å². The molecule has 10 rings (SSSR count). The second-order valence-electron chi connectivity index (χ2n) is 14.2. The van der Waals surface area contributed by atoms with Crippen molar-refractivity contribution in [1.82, 2.24) is 20.4 Å². The van der Waals surface area contributed by atoms with E-state index in [2.05, 4.69) is 125 Å². The molecule has 5 nitrogen and oxygen atoms in total. The van der Waals surface area contributed by atoms with Gasteiger partial charge in [-0.3, -0.25) is 0 Å². The summed E-state index contributed by atoms with van der Waals surface area (Å²) in [6.45, 7) is 0. The summed E-state index contributed by atoms with van der Waals surface area (Å²) >= 11 is 0. The highest BCUT2D eigenvalue weighted by Crippen LogP contribution is 2.41. The minimum absolute atomic E-state index is 0.618. The Labute approximate surface area is 336 Å². The molecule has 2 heterocycles. The number of nitrogens with zero attached hydrogens (tertiary/aromatic N) is 5. The number of benzene rings is 8. The maximum atomic E-state index is 9.83. The van der Waals surface area contributed by atoms with E-state index >= 15 is 0 Å². The van der Waals surface area contributed by atoms with Crippen LogP contribution in [-0.4, -0.2) is 20.4 Å². The highest BCUT2D eigenvalue weighted by molar-refractivity contribution is 6.07. The van der Waals surface area contributed by atoms with Crippen molar-refractivity contribution in [3.05, 3.63) is 206 Å². The Morgan fingerprint density at radius 3 is 1.10 bits per heavy atom. The topological polar surface area (TPSA) is 75.3 Å². The summed E-state index contributed by atoms with van der Waals surface area (Å²) in [5, 5.41) is 32.8. The number of aromatic nitrogens is 4. The smallest absolute Gasteiger partial charge is 0.0991 e. The summed E-state index contributed by atoms with van der Waals surface area (Å²) in [5.41, 5.74) is 14.4. The van der Waals surface area contributed by atoms with Gasteiger partial charge in [-0.1, -0.05) is 146 Å². The van der Waals surface area contributed by atoms with E-state index in [0.29, 0.717) is 5.56 Å². The van der Waals surface area contributed by atoms with E-state index in [1.165, 1.54) is 0 Å². The van der Waals surface area contributed by atoms with E-state index in [9.17, 15) is 5.26 Å². The Kier molecular flexibility index (Phi) is 8.83. The van der Waals surface area contributed by atoms with Gasteiger partial charge in [0.25, 0.3) is 0 Å². The van der Waals surface area contributed by atoms with Crippen LogP contribution in [0.15, 0.2) is 200 Å². The van der Waals surface area contributed by atoms with Gasteiger partial charge in [-0.25, -0.2) is 0 Å². The first kappa shape index (κ1) is 34.4. The van der Waals surface area contributed by atoms with Gasteiger partial charge in [0.1, 0.15) is 0 Å². The molecule has 10 aromatic rings. The molecule has 0 bridgehead atoms. The van der Waals surface area contributed by atoms with Crippen LogP contribution in [0.3, 0.4) is 0 Å². The second kappa shape index (κ2) is 14.9. The molecule has 0 spiro atoms. The molecule has 0 radical (unpaired) electrons. The van der Waals surface area contributed by atoms with Gasteiger partial charge < -0.3 is 0 Å². The summed E-state index contributed by atoms with van der Waals surface area (Å²) in [6.07, 6.45) is 0. The number of hydrogen-bond donors (Lipinski definition) is 0. The monoisotopic (exact) mass is 739 g/mol. The highest BCUT2D eigenvalue weighted by atomic mass is 15.1. The quantitative estimate of drug-likeness (QED) is 0.163. The molecule has 0 aliphatic carbocycles. The average Bonchev–Trinajstić information content (AvgIpc) is 3.31. The van der Waals surface area contributed by atoms with Gasteiger partial charge in [-0.15, -0.1) is 20.4 Å². The summed E-state index contributed by atoms with van der Waals surface area (Å²) in [4.78, 5) is 0. The van der Waals surface area contributed by atoms with Crippen LogP contribution >= 0.6 is 0 Å². The van der Waals surface area contributed by atoms with Gasteiger partial charge in [0.15, 0.2) is 0 Å². The third-order valence-electron chi connectivity index (χ3n) is 10.7. The van der Waals surface area contributed by atoms with Gasteiger partial charge in [0, 0.05) is 22.3 Å². The van der Waals surface area contributed by atoms with Crippen molar-refractivity contribution in [1.29, 1.82) is 5.26 Å². The van der Waals surface area contributed by atoms with Crippen LogP contribution in [0.4, 0.5) is 0 Å². The third-order valence-corrected chi connectivity index (χ3v) is 10.7. The largest absolute Gasteiger partial charge is 0.192 e. The fraction of sp³-hybridized carbons (Fsp3) is 0. The molecule has 0 N–H and O–H groups in total. The van der Waals surface area contributed by atoms with Gasteiger partial charge >= 0.3 is 0 Å². The number of fused-ring (bicyclic) bond motifs is 2. The molecule has 0 saturated carbocycles. The first-order valence-electron chi connectivity index (χ1n) is 19.2. The fourth-order valence-corrected chi connectivity index (χ4v) is 7.92. The van der Waals surface area contributed by atoms with Crippen LogP contribution < -0.4 is 0 Å². The van der Waals surface area contributed by atoms with E-state index in [0.717, 1.165) is 100.0 Å². The molecule has 2 aromatic heterocycles. The predicted molar refractivity (Wildman–Crippen MR) is 235 cm³/mol. The lowest BCUT2D eigenvalue weighted by Crippen LogP contribution is -1.93. The molecule has 0 aliphatic rings. The van der Waals surface area contributed by atoms with Crippen LogP contribution in [0.1, 0.15) is 5.56 Å². The Hall–Kier alpha value is -8.07. The SMILES string of the molecule is N#Cc1cccc(-c2cc(-c3cccc4c(-c5ccc(-c6ccccc6)nn5)cccc34)cc(-c3cccc4c(-c5ccc(-c6ccccc6)nn5)cccc34)c2)c1. The number of nitriles is 1. The van der Waals surface area contributed by atoms with E-state index in [1.54, 1.807) is 0 Å². The molecule has 5 heteroatoms. The standard InChI is InChI=1S/C53H33N5/c54-34-35-12-7-17-38(30-35)39-31-40(42-18-8-22-46-44(42)20-10-24-48(46)52-28-26-50(55-57-52)36-13-3-1-4-14-36)33-41(32-39)43-19-9-23-47-45(43)21-11-25-49(47)53-29-27-51(56-58-53)37-15-5-2-6-16-37/h1-33H. The molecule has 0 fully saturated rings. The normalized spacial score (nSPS) is 11.1. The number of hydrogen-bond acceptors (Lipinski definition) is 5. The van der Waals surface area contributed by atoms with E-state index in [1.807, 2.05) is 91.0 Å². The summed E-state index contributed by atoms with van der Waals surface area (Å²) in [7, 11) is 0. The molecule has 0 amide bonds. The van der Waals surface area contributed by atoms with Crippen LogP contribution in [0.2, 0.25) is 0 Å². The van der Waals surface area contributed by atoms with E-state index in [-0.39, 0.29) is 0 Å². The van der Waals surface area contributed by atoms with Crippen molar-refractivity contribution in [2.75, 3.05) is 0 Å². The Balaban J connectivity index is 1.11. The fourth-order valence-electron chi connectivity index (χ4n) is 7.92. The molecule has 270 valence electrons. The Morgan fingerprint density at radius 1 is 0.276 bits per heavy atom. The van der Waals surface area contributed by atoms with E-state index < -0.39 is 0 Å². The minimum Gasteiger partial charge on any atom is -0.192 e. The maximum absolute atomic E-state index is 9.83. The molecular weight excluding hydrogens is 707 g/mol. The highest BCUT2D eigenvalue weighted by Gasteiger charge is 2.16. The zero-order chi connectivity index (χ0) is 38.8. The number of rotatable bonds is 7.